The number of carbonyl (C=O) groups is 1. The van der Waals surface area contributed by atoms with Crippen molar-refractivity contribution in [1.82, 2.24) is 5.43 Å². The van der Waals surface area contributed by atoms with E-state index in [4.69, 9.17) is 9.47 Å². The molecule has 0 aliphatic rings. The van der Waals surface area contributed by atoms with Crippen LogP contribution in [0.15, 0.2) is 35.4 Å². The molecule has 0 radical (unpaired) electrons. The molecule has 10 heteroatoms. The number of hydrogen-bond acceptors (Lipinski definition) is 7. The quantitative estimate of drug-likeness (QED) is 0.249. The maximum atomic E-state index is 11.9. The van der Waals surface area contributed by atoms with Gasteiger partial charge in [0.05, 0.1) is 21.3 Å². The molecular weight excluding hydrogens is 481 g/mol. The van der Waals surface area contributed by atoms with Crippen LogP contribution in [0.25, 0.3) is 0 Å². The Balaban J connectivity index is 1.97. The Morgan fingerprint density at radius 2 is 2.07 bits per heavy atom. The van der Waals surface area contributed by atoms with Crippen LogP contribution in [0.4, 0.5) is 5.69 Å². The smallest absolute Gasteiger partial charge is 0.311 e. The molecule has 0 saturated heterocycles. The van der Waals surface area contributed by atoms with Gasteiger partial charge in [-0.2, -0.15) is 5.10 Å². The Morgan fingerprint density at radius 1 is 1.32 bits per heavy atom. The Labute approximate surface area is 174 Å². The van der Waals surface area contributed by atoms with E-state index >= 15 is 0 Å². The number of nitrogens with zero attached hydrogens (tertiary/aromatic N) is 2. The number of aromatic hydroxyl groups is 1. The number of ether oxygens (including phenoxy) is 2. The molecule has 0 heterocycles. The third-order valence-electron chi connectivity index (χ3n) is 3.42. The summed E-state index contributed by atoms with van der Waals surface area (Å²) in [5.74, 6) is -0.220. The lowest BCUT2D eigenvalue weighted by molar-refractivity contribution is -0.385. The van der Waals surface area contributed by atoms with Crippen molar-refractivity contribution in [2.75, 3.05) is 13.2 Å². The summed E-state index contributed by atoms with van der Waals surface area (Å²) in [5.41, 5.74) is 3.39. The van der Waals surface area contributed by atoms with Crippen molar-refractivity contribution in [3.8, 4) is 17.2 Å². The fourth-order valence-electron chi connectivity index (χ4n) is 2.18. The fraction of sp³-hybridized carbons (Fsp3) is 0.222. The number of nitrogens with one attached hydrogen (secondary N) is 1. The highest BCUT2D eigenvalue weighted by Crippen LogP contribution is 2.32. The fourth-order valence-corrected chi connectivity index (χ4v) is 2.81. The van der Waals surface area contributed by atoms with Gasteiger partial charge in [-0.1, -0.05) is 6.07 Å². The first kappa shape index (κ1) is 21.4. The lowest BCUT2D eigenvalue weighted by Crippen LogP contribution is -2.24. The van der Waals surface area contributed by atoms with Gasteiger partial charge in [-0.25, -0.2) is 5.43 Å². The first-order chi connectivity index (χ1) is 13.3. The molecule has 0 aliphatic heterocycles. The van der Waals surface area contributed by atoms with E-state index in [2.05, 4.69) is 10.5 Å². The Kier molecular flexibility index (Phi) is 7.55. The van der Waals surface area contributed by atoms with Gasteiger partial charge < -0.3 is 14.6 Å². The van der Waals surface area contributed by atoms with E-state index < -0.39 is 17.4 Å². The third kappa shape index (κ3) is 5.81. The molecule has 28 heavy (non-hydrogen) atoms. The number of benzene rings is 2. The summed E-state index contributed by atoms with van der Waals surface area (Å²) in [7, 11) is 0. The lowest BCUT2D eigenvalue weighted by atomic mass is 10.2. The van der Waals surface area contributed by atoms with Crippen molar-refractivity contribution in [3.63, 3.8) is 0 Å². The monoisotopic (exact) mass is 499 g/mol. The second-order valence-electron chi connectivity index (χ2n) is 5.59. The number of hydrazone groups is 1. The summed E-state index contributed by atoms with van der Waals surface area (Å²) < 4.78 is 11.1. The van der Waals surface area contributed by atoms with Crippen molar-refractivity contribution >= 4 is 40.4 Å². The molecule has 0 fully saturated rings. The molecule has 0 spiro atoms. The molecule has 1 amide bonds. The third-order valence-corrected chi connectivity index (χ3v) is 4.25. The van der Waals surface area contributed by atoms with Gasteiger partial charge in [-0.05, 0) is 65.8 Å². The van der Waals surface area contributed by atoms with E-state index in [9.17, 15) is 20.0 Å². The van der Waals surface area contributed by atoms with Crippen LogP contribution in [0.3, 0.4) is 0 Å². The van der Waals surface area contributed by atoms with E-state index in [0.29, 0.717) is 27.1 Å². The lowest BCUT2D eigenvalue weighted by Gasteiger charge is -2.08. The SMILES string of the molecule is CCOc1cc(/C=N\NC(=O)COc2ccc(C)cc2[N+](=O)[O-])cc(I)c1O. The molecule has 0 aromatic heterocycles. The minimum atomic E-state index is -0.579. The van der Waals surface area contributed by atoms with E-state index in [1.54, 1.807) is 32.0 Å². The van der Waals surface area contributed by atoms with Gasteiger partial charge >= 0.3 is 5.69 Å². The maximum Gasteiger partial charge on any atom is 0.311 e. The minimum absolute atomic E-state index is 0.00386. The van der Waals surface area contributed by atoms with Crippen molar-refractivity contribution in [2.24, 2.45) is 5.10 Å². The molecule has 0 unspecified atom stereocenters. The summed E-state index contributed by atoms with van der Waals surface area (Å²) >= 11 is 1.96. The number of amides is 1. The molecule has 9 nitrogen and oxygen atoms in total. The van der Waals surface area contributed by atoms with Gasteiger partial charge in [0.2, 0.25) is 0 Å². The molecule has 2 aromatic carbocycles. The number of carbonyl (C=O) groups excluding carboxylic acids is 1. The largest absolute Gasteiger partial charge is 0.504 e. The standard InChI is InChI=1S/C18H18IN3O6/c1-3-27-16-8-12(7-13(19)18(16)24)9-20-21-17(23)10-28-15-5-4-11(2)6-14(15)22(25)26/h4-9,24H,3,10H2,1-2H3,(H,21,23)/b20-9-. The number of phenolic OH excluding ortho intramolecular Hbond substituents is 1. The van der Waals surface area contributed by atoms with E-state index in [1.807, 2.05) is 22.6 Å². The molecule has 0 aliphatic carbocycles. The van der Waals surface area contributed by atoms with Crippen LogP contribution < -0.4 is 14.9 Å². The summed E-state index contributed by atoms with van der Waals surface area (Å²) in [4.78, 5) is 22.3. The maximum absolute atomic E-state index is 11.9. The minimum Gasteiger partial charge on any atom is -0.504 e. The zero-order valence-corrected chi connectivity index (χ0v) is 17.3. The number of rotatable bonds is 8. The van der Waals surface area contributed by atoms with Crippen molar-refractivity contribution < 1.29 is 24.3 Å². The van der Waals surface area contributed by atoms with Gasteiger partial charge in [0.25, 0.3) is 5.91 Å². The molecule has 0 atom stereocenters. The first-order valence-electron chi connectivity index (χ1n) is 8.16. The molecule has 0 saturated carbocycles. The highest BCUT2D eigenvalue weighted by Gasteiger charge is 2.16. The summed E-state index contributed by atoms with van der Waals surface area (Å²) in [6, 6.07) is 7.72. The summed E-state index contributed by atoms with van der Waals surface area (Å²) in [6.45, 7) is 3.48. The Morgan fingerprint density at radius 3 is 2.75 bits per heavy atom. The zero-order valence-electron chi connectivity index (χ0n) is 15.1. The van der Waals surface area contributed by atoms with Crippen LogP contribution in [0.1, 0.15) is 18.1 Å². The first-order valence-corrected chi connectivity index (χ1v) is 9.24. The van der Waals surface area contributed by atoms with E-state index in [1.165, 1.54) is 18.3 Å². The van der Waals surface area contributed by atoms with Gasteiger partial charge in [0, 0.05) is 6.07 Å². The van der Waals surface area contributed by atoms with Crippen LogP contribution in [0.2, 0.25) is 0 Å². The molecular formula is C18H18IN3O6. The second kappa shape index (κ2) is 9.88. The van der Waals surface area contributed by atoms with Crippen LogP contribution >= 0.6 is 22.6 Å². The highest BCUT2D eigenvalue weighted by atomic mass is 127. The predicted molar refractivity (Wildman–Crippen MR) is 111 cm³/mol. The average Bonchev–Trinajstić information content (AvgIpc) is 2.64. The van der Waals surface area contributed by atoms with E-state index in [-0.39, 0.29) is 17.2 Å². The molecule has 0 bridgehead atoms. The van der Waals surface area contributed by atoms with Crippen LogP contribution in [0, 0.1) is 20.6 Å². The Hall–Kier alpha value is -2.89. The van der Waals surface area contributed by atoms with Gasteiger partial charge in [0.15, 0.2) is 23.9 Å². The van der Waals surface area contributed by atoms with Crippen LogP contribution in [-0.4, -0.2) is 35.4 Å². The predicted octanol–water partition coefficient (Wildman–Crippen LogP) is 3.14. The molecule has 148 valence electrons. The topological polar surface area (TPSA) is 123 Å². The number of nitro groups is 1. The summed E-state index contributed by atoms with van der Waals surface area (Å²) in [6.07, 6.45) is 1.39. The molecule has 2 rings (SSSR count). The second-order valence-corrected chi connectivity index (χ2v) is 6.75. The van der Waals surface area contributed by atoms with Crippen molar-refractivity contribution in [2.45, 2.75) is 13.8 Å². The number of hydrogen-bond donors (Lipinski definition) is 2. The van der Waals surface area contributed by atoms with E-state index in [0.717, 1.165) is 0 Å². The highest BCUT2D eigenvalue weighted by molar-refractivity contribution is 14.1. The number of nitro benzene ring substituents is 1. The molecule has 2 aromatic rings. The number of halogens is 1. The van der Waals surface area contributed by atoms with Crippen LogP contribution in [0.5, 0.6) is 17.2 Å². The van der Waals surface area contributed by atoms with Gasteiger partial charge in [-0.15, -0.1) is 0 Å². The van der Waals surface area contributed by atoms with Crippen molar-refractivity contribution in [3.05, 3.63) is 55.1 Å². The number of aryl methyl sites for hydroxylation is 1. The Bertz CT molecular complexity index is 916. The van der Waals surface area contributed by atoms with Crippen LogP contribution in [-0.2, 0) is 4.79 Å². The van der Waals surface area contributed by atoms with Gasteiger partial charge in [0.1, 0.15) is 0 Å². The molecule has 2 N–H and O–H groups in total. The zero-order chi connectivity index (χ0) is 20.7. The summed E-state index contributed by atoms with van der Waals surface area (Å²) in [5, 5.41) is 24.8. The number of phenols is 1. The van der Waals surface area contributed by atoms with Crippen molar-refractivity contribution in [1.29, 1.82) is 0 Å². The van der Waals surface area contributed by atoms with Gasteiger partial charge in [-0.3, -0.25) is 14.9 Å². The normalized spacial score (nSPS) is 10.7. The average molecular weight is 499 g/mol.